The van der Waals surface area contributed by atoms with E-state index in [-0.39, 0.29) is 0 Å². The molecule has 96 valence electrons. The third kappa shape index (κ3) is 2.01. The molecule has 3 aromatic rings. The summed E-state index contributed by atoms with van der Waals surface area (Å²) >= 11 is 6.26. The summed E-state index contributed by atoms with van der Waals surface area (Å²) in [6.45, 7) is 0.515. The number of nitrogens with zero attached hydrogens (tertiary/aromatic N) is 2. The topological polar surface area (TPSA) is 43.8 Å². The smallest absolute Gasteiger partial charge is 0.0726 e. The van der Waals surface area contributed by atoms with Crippen molar-refractivity contribution in [1.82, 2.24) is 9.55 Å². The molecule has 3 rings (SSSR count). The summed E-state index contributed by atoms with van der Waals surface area (Å²) < 4.78 is 2.03. The van der Waals surface area contributed by atoms with E-state index in [4.69, 9.17) is 17.3 Å². The van der Waals surface area contributed by atoms with Gasteiger partial charge < -0.3 is 10.3 Å². The number of para-hydroxylation sites is 1. The van der Waals surface area contributed by atoms with Crippen LogP contribution in [0.25, 0.3) is 22.2 Å². The van der Waals surface area contributed by atoms with Crippen LogP contribution in [0.4, 0.5) is 0 Å². The number of hydrogen-bond acceptors (Lipinski definition) is 2. The average molecular weight is 272 g/mol. The van der Waals surface area contributed by atoms with Gasteiger partial charge in [0.15, 0.2) is 0 Å². The van der Waals surface area contributed by atoms with Crippen molar-refractivity contribution in [2.45, 2.75) is 6.54 Å². The van der Waals surface area contributed by atoms with Crippen molar-refractivity contribution in [2.24, 2.45) is 12.8 Å². The van der Waals surface area contributed by atoms with Crippen molar-refractivity contribution in [3.8, 4) is 11.3 Å². The summed E-state index contributed by atoms with van der Waals surface area (Å²) in [4.78, 5) is 4.44. The molecule has 0 saturated heterocycles. The normalized spacial score (nSPS) is 11.1. The van der Waals surface area contributed by atoms with Crippen molar-refractivity contribution < 1.29 is 0 Å². The molecule has 0 amide bonds. The van der Waals surface area contributed by atoms with Gasteiger partial charge in [0, 0.05) is 36.9 Å². The highest BCUT2D eigenvalue weighted by atomic mass is 35.5. The van der Waals surface area contributed by atoms with E-state index in [9.17, 15) is 0 Å². The van der Waals surface area contributed by atoms with Crippen LogP contribution in [0.1, 0.15) is 5.56 Å². The third-order valence-electron chi connectivity index (χ3n) is 3.29. The Balaban J connectivity index is 2.28. The minimum atomic E-state index is 0.515. The number of hydrogen-bond donors (Lipinski definition) is 1. The van der Waals surface area contributed by atoms with Crippen molar-refractivity contribution in [3.63, 3.8) is 0 Å². The molecule has 0 unspecified atom stereocenters. The average Bonchev–Trinajstić information content (AvgIpc) is 2.78. The second-order valence-electron chi connectivity index (χ2n) is 4.54. The summed E-state index contributed by atoms with van der Waals surface area (Å²) in [5.41, 5.74) is 9.79. The summed E-state index contributed by atoms with van der Waals surface area (Å²) in [5, 5.41) is 1.86. The first-order valence-corrected chi connectivity index (χ1v) is 6.47. The number of nitrogens with two attached hydrogens (primary N) is 1. The predicted octanol–water partition coefficient (Wildman–Crippen LogP) is 3.35. The standard InChI is InChI=1S/C15H14ClN3/c1-19-9-12(11-3-2-4-13(16)15(11)19)14-7-10(8-17)5-6-18-14/h2-7,9H,8,17H2,1H3. The summed E-state index contributed by atoms with van der Waals surface area (Å²) in [7, 11) is 1.99. The van der Waals surface area contributed by atoms with Gasteiger partial charge in [-0.3, -0.25) is 4.98 Å². The zero-order valence-electron chi connectivity index (χ0n) is 10.6. The fourth-order valence-electron chi connectivity index (χ4n) is 2.37. The van der Waals surface area contributed by atoms with E-state index in [1.54, 1.807) is 6.20 Å². The third-order valence-corrected chi connectivity index (χ3v) is 3.59. The van der Waals surface area contributed by atoms with E-state index in [0.717, 1.165) is 32.7 Å². The van der Waals surface area contributed by atoms with Gasteiger partial charge in [-0.1, -0.05) is 23.7 Å². The van der Waals surface area contributed by atoms with E-state index in [1.165, 1.54) is 0 Å². The Labute approximate surface area is 116 Å². The molecule has 0 spiro atoms. The Morgan fingerprint density at radius 3 is 2.95 bits per heavy atom. The van der Waals surface area contributed by atoms with Gasteiger partial charge in [0.2, 0.25) is 0 Å². The van der Waals surface area contributed by atoms with E-state index in [2.05, 4.69) is 17.2 Å². The first-order chi connectivity index (χ1) is 9.20. The number of rotatable bonds is 2. The zero-order valence-corrected chi connectivity index (χ0v) is 11.4. The molecule has 2 heterocycles. The lowest BCUT2D eigenvalue weighted by molar-refractivity contribution is 0.969. The lowest BCUT2D eigenvalue weighted by atomic mass is 10.1. The predicted molar refractivity (Wildman–Crippen MR) is 79.1 cm³/mol. The number of pyridine rings is 1. The van der Waals surface area contributed by atoms with Gasteiger partial charge in [0.25, 0.3) is 0 Å². The fourth-order valence-corrected chi connectivity index (χ4v) is 2.68. The van der Waals surface area contributed by atoms with Gasteiger partial charge in [-0.25, -0.2) is 0 Å². The van der Waals surface area contributed by atoms with Crippen LogP contribution in [0.3, 0.4) is 0 Å². The van der Waals surface area contributed by atoms with Crippen LogP contribution in [0.2, 0.25) is 5.02 Å². The Morgan fingerprint density at radius 2 is 2.16 bits per heavy atom. The minimum absolute atomic E-state index is 0.515. The highest BCUT2D eigenvalue weighted by Gasteiger charge is 2.11. The van der Waals surface area contributed by atoms with E-state index >= 15 is 0 Å². The largest absolute Gasteiger partial charge is 0.349 e. The molecule has 1 aromatic carbocycles. The molecule has 0 aliphatic rings. The SMILES string of the molecule is Cn1cc(-c2cc(CN)ccn2)c2cccc(Cl)c21. The van der Waals surface area contributed by atoms with Crippen LogP contribution >= 0.6 is 11.6 Å². The second-order valence-corrected chi connectivity index (χ2v) is 4.95. The molecule has 0 bridgehead atoms. The number of aryl methyl sites for hydroxylation is 1. The van der Waals surface area contributed by atoms with Crippen molar-refractivity contribution in [1.29, 1.82) is 0 Å². The van der Waals surface area contributed by atoms with Crippen LogP contribution < -0.4 is 5.73 Å². The van der Waals surface area contributed by atoms with E-state index in [1.807, 2.05) is 35.9 Å². The summed E-state index contributed by atoms with van der Waals surface area (Å²) in [6.07, 6.45) is 3.85. The van der Waals surface area contributed by atoms with Gasteiger partial charge in [0.1, 0.15) is 0 Å². The van der Waals surface area contributed by atoms with Gasteiger partial charge in [-0.15, -0.1) is 0 Å². The molecule has 0 aliphatic carbocycles. The summed E-state index contributed by atoms with van der Waals surface area (Å²) in [6, 6.07) is 9.88. The molecular weight excluding hydrogens is 258 g/mol. The van der Waals surface area contributed by atoms with E-state index in [0.29, 0.717) is 6.54 Å². The Kier molecular flexibility index (Phi) is 3.01. The van der Waals surface area contributed by atoms with Crippen LogP contribution in [0.15, 0.2) is 42.7 Å². The first kappa shape index (κ1) is 12.2. The lowest BCUT2D eigenvalue weighted by Gasteiger charge is -2.02. The molecule has 19 heavy (non-hydrogen) atoms. The molecule has 4 heteroatoms. The summed E-state index contributed by atoms with van der Waals surface area (Å²) in [5.74, 6) is 0. The fraction of sp³-hybridized carbons (Fsp3) is 0.133. The van der Waals surface area contributed by atoms with Crippen LogP contribution in [0, 0.1) is 0 Å². The van der Waals surface area contributed by atoms with Gasteiger partial charge >= 0.3 is 0 Å². The monoisotopic (exact) mass is 271 g/mol. The molecule has 2 N–H and O–H groups in total. The van der Waals surface area contributed by atoms with Crippen molar-refractivity contribution in [2.75, 3.05) is 0 Å². The first-order valence-electron chi connectivity index (χ1n) is 6.09. The molecule has 0 atom stereocenters. The second kappa shape index (κ2) is 4.68. The maximum atomic E-state index is 6.26. The number of halogens is 1. The Bertz CT molecular complexity index is 746. The highest BCUT2D eigenvalue weighted by Crippen LogP contribution is 2.33. The highest BCUT2D eigenvalue weighted by molar-refractivity contribution is 6.35. The lowest BCUT2D eigenvalue weighted by Crippen LogP contribution is -1.96. The molecule has 3 nitrogen and oxygen atoms in total. The number of fused-ring (bicyclic) bond motifs is 1. The van der Waals surface area contributed by atoms with Crippen LogP contribution in [-0.2, 0) is 13.6 Å². The van der Waals surface area contributed by atoms with Crippen LogP contribution in [0.5, 0.6) is 0 Å². The zero-order chi connectivity index (χ0) is 13.4. The molecule has 2 aromatic heterocycles. The molecule has 0 radical (unpaired) electrons. The Hall–Kier alpha value is -1.84. The molecule has 0 saturated carbocycles. The quantitative estimate of drug-likeness (QED) is 0.777. The van der Waals surface area contributed by atoms with E-state index < -0.39 is 0 Å². The minimum Gasteiger partial charge on any atom is -0.349 e. The maximum absolute atomic E-state index is 6.26. The number of aromatic nitrogens is 2. The molecule has 0 fully saturated rings. The number of benzene rings is 1. The van der Waals surface area contributed by atoms with Crippen molar-refractivity contribution >= 4 is 22.5 Å². The van der Waals surface area contributed by atoms with Crippen molar-refractivity contribution in [3.05, 3.63) is 53.3 Å². The Morgan fingerprint density at radius 1 is 1.32 bits per heavy atom. The maximum Gasteiger partial charge on any atom is 0.0726 e. The molecular formula is C15H14ClN3. The van der Waals surface area contributed by atoms with Gasteiger partial charge in [0.05, 0.1) is 16.2 Å². The molecule has 0 aliphatic heterocycles. The van der Waals surface area contributed by atoms with Crippen LogP contribution in [-0.4, -0.2) is 9.55 Å². The van der Waals surface area contributed by atoms with Gasteiger partial charge in [-0.05, 0) is 23.8 Å². The van der Waals surface area contributed by atoms with Gasteiger partial charge in [-0.2, -0.15) is 0 Å².